The molecule has 0 saturated carbocycles. The van der Waals surface area contributed by atoms with Gasteiger partial charge in [0.1, 0.15) is 0 Å². The van der Waals surface area contributed by atoms with E-state index in [1.54, 1.807) is 0 Å². The Bertz CT molecular complexity index is 287. The Hall–Kier alpha value is -0.383. The van der Waals surface area contributed by atoms with Crippen LogP contribution in [0.3, 0.4) is 0 Å². The molecule has 0 spiro atoms. The van der Waals surface area contributed by atoms with E-state index in [0.29, 0.717) is 0 Å². The van der Waals surface area contributed by atoms with Crippen molar-refractivity contribution in [1.29, 1.82) is 0 Å². The van der Waals surface area contributed by atoms with Gasteiger partial charge in [-0.25, -0.2) is 0 Å². The Balaban J connectivity index is 0.00000144. The van der Waals surface area contributed by atoms with Gasteiger partial charge in [-0.05, 0) is 12.3 Å². The average molecular weight is 170 g/mol. The maximum atomic E-state index is 11.6. The van der Waals surface area contributed by atoms with E-state index in [2.05, 4.69) is 20.8 Å². The van der Waals surface area contributed by atoms with Crippen LogP contribution in [0.4, 0.5) is 0 Å². The third-order valence-corrected chi connectivity index (χ3v) is 2.02. The Kier molecular flexibility index (Phi) is 4.10. The van der Waals surface area contributed by atoms with Crippen LogP contribution in [0.15, 0.2) is 18.2 Å². The fraction of sp³-hybridized carbons (Fsp3) is 0.455. The van der Waals surface area contributed by atoms with Crippen LogP contribution >= 0.6 is 0 Å². The molecule has 0 heterocycles. The van der Waals surface area contributed by atoms with Gasteiger partial charge in [0, 0.05) is 0 Å². The number of hydrogen-bond donors (Lipinski definition) is 0. The smallest absolute Gasteiger partial charge is 0.872 e. The van der Waals surface area contributed by atoms with Crippen LogP contribution in [0.5, 0.6) is 5.75 Å². The topological polar surface area (TPSA) is 23.1 Å². The molecular formula is C11H15LiO. The predicted molar refractivity (Wildman–Crippen MR) is 49.3 cm³/mol. The fourth-order valence-corrected chi connectivity index (χ4v) is 1.24. The molecule has 1 nitrogen and oxygen atoms in total. The van der Waals surface area contributed by atoms with Gasteiger partial charge in [-0.3, -0.25) is 0 Å². The Labute approximate surface area is 92.3 Å². The van der Waals surface area contributed by atoms with Crippen molar-refractivity contribution in [3.8, 4) is 5.75 Å². The summed E-state index contributed by atoms with van der Waals surface area (Å²) in [7, 11) is 0. The summed E-state index contributed by atoms with van der Waals surface area (Å²) in [5, 5.41) is 11.6. The van der Waals surface area contributed by atoms with E-state index < -0.39 is 0 Å². The number of hydrogen-bond acceptors (Lipinski definition) is 1. The van der Waals surface area contributed by atoms with Crippen LogP contribution in [0.2, 0.25) is 0 Å². The van der Waals surface area contributed by atoms with Gasteiger partial charge < -0.3 is 5.11 Å². The largest absolute Gasteiger partial charge is 1.00 e. The molecule has 0 aliphatic rings. The number of rotatable bonds is 0. The van der Waals surface area contributed by atoms with E-state index >= 15 is 0 Å². The molecule has 2 heteroatoms. The Morgan fingerprint density at radius 3 is 2.08 bits per heavy atom. The van der Waals surface area contributed by atoms with Gasteiger partial charge in [0.2, 0.25) is 0 Å². The first-order valence-electron chi connectivity index (χ1n) is 4.20. The third kappa shape index (κ3) is 2.79. The zero-order chi connectivity index (χ0) is 9.35. The summed E-state index contributed by atoms with van der Waals surface area (Å²) in [4.78, 5) is 0. The molecule has 0 bridgehead atoms. The number of benzene rings is 1. The normalized spacial score (nSPS) is 10.8. The zero-order valence-electron chi connectivity index (χ0n) is 9.14. The van der Waals surface area contributed by atoms with E-state index in [1.807, 2.05) is 25.1 Å². The van der Waals surface area contributed by atoms with Gasteiger partial charge in [-0.2, -0.15) is 0 Å². The minimum absolute atomic E-state index is 0. The molecule has 0 atom stereocenters. The molecule has 0 aliphatic heterocycles. The molecule has 0 amide bonds. The van der Waals surface area contributed by atoms with Crippen LogP contribution in [-0.2, 0) is 5.41 Å². The first-order chi connectivity index (χ1) is 5.43. The second-order valence-corrected chi connectivity index (χ2v) is 4.20. The Morgan fingerprint density at radius 1 is 1.15 bits per heavy atom. The van der Waals surface area contributed by atoms with E-state index in [-0.39, 0.29) is 30.0 Å². The minimum Gasteiger partial charge on any atom is -0.872 e. The molecule has 0 radical (unpaired) electrons. The summed E-state index contributed by atoms with van der Waals surface area (Å²) in [6, 6.07) is 5.71. The summed E-state index contributed by atoms with van der Waals surface area (Å²) in [6.45, 7) is 8.03. The van der Waals surface area contributed by atoms with Gasteiger partial charge in [-0.15, -0.1) is 5.75 Å². The van der Waals surface area contributed by atoms with Crippen molar-refractivity contribution < 1.29 is 24.0 Å². The van der Waals surface area contributed by atoms with Crippen molar-refractivity contribution in [3.05, 3.63) is 29.3 Å². The van der Waals surface area contributed by atoms with Crippen LogP contribution < -0.4 is 24.0 Å². The molecular weight excluding hydrogens is 155 g/mol. The van der Waals surface area contributed by atoms with Crippen molar-refractivity contribution >= 4 is 0 Å². The first-order valence-corrected chi connectivity index (χ1v) is 4.20. The summed E-state index contributed by atoms with van der Waals surface area (Å²) in [6.07, 6.45) is 0. The summed E-state index contributed by atoms with van der Waals surface area (Å²) in [5.41, 5.74) is 1.70. The second kappa shape index (κ2) is 4.22. The average Bonchev–Trinajstić information content (AvgIpc) is 1.92. The molecule has 66 valence electrons. The quantitative estimate of drug-likeness (QED) is 0.475. The van der Waals surface area contributed by atoms with E-state index in [4.69, 9.17) is 0 Å². The maximum absolute atomic E-state index is 11.6. The molecule has 1 aromatic carbocycles. The third-order valence-electron chi connectivity index (χ3n) is 2.02. The molecule has 1 rings (SSSR count). The van der Waals surface area contributed by atoms with E-state index in [1.165, 1.54) is 0 Å². The van der Waals surface area contributed by atoms with E-state index in [9.17, 15) is 5.11 Å². The predicted octanol–water partition coefficient (Wildman–Crippen LogP) is -0.630. The fourth-order valence-electron chi connectivity index (χ4n) is 1.24. The van der Waals surface area contributed by atoms with Crippen molar-refractivity contribution in [2.75, 3.05) is 0 Å². The molecule has 0 N–H and O–H groups in total. The Morgan fingerprint density at radius 2 is 1.69 bits per heavy atom. The maximum Gasteiger partial charge on any atom is 1.00 e. The zero-order valence-corrected chi connectivity index (χ0v) is 9.14. The number of aryl methyl sites for hydroxylation is 1. The molecule has 0 fully saturated rings. The van der Waals surface area contributed by atoms with Crippen molar-refractivity contribution in [2.24, 2.45) is 0 Å². The van der Waals surface area contributed by atoms with Gasteiger partial charge in [0.25, 0.3) is 0 Å². The van der Waals surface area contributed by atoms with Crippen LogP contribution in [0.25, 0.3) is 0 Å². The first kappa shape index (κ1) is 12.6. The molecule has 0 aliphatic carbocycles. The van der Waals surface area contributed by atoms with E-state index in [0.717, 1.165) is 11.1 Å². The van der Waals surface area contributed by atoms with Gasteiger partial charge in [0.15, 0.2) is 0 Å². The van der Waals surface area contributed by atoms with Crippen LogP contribution in [-0.4, -0.2) is 0 Å². The standard InChI is InChI=1S/C11H16O.Li/c1-8-6-5-7-9(10(8)12)11(2,3)4;/h5-7,12H,1-4H3;/q;+1/p-1. The van der Waals surface area contributed by atoms with Gasteiger partial charge in [0.05, 0.1) is 0 Å². The number of para-hydroxylation sites is 1. The monoisotopic (exact) mass is 170 g/mol. The van der Waals surface area contributed by atoms with Crippen molar-refractivity contribution in [1.82, 2.24) is 0 Å². The molecule has 0 unspecified atom stereocenters. The molecule has 1 aromatic rings. The van der Waals surface area contributed by atoms with Crippen LogP contribution in [0, 0.1) is 6.92 Å². The molecule has 13 heavy (non-hydrogen) atoms. The SMILES string of the molecule is Cc1cccc(C(C)(C)C)c1[O-].[Li+]. The van der Waals surface area contributed by atoms with Crippen LogP contribution in [0.1, 0.15) is 31.9 Å². The second-order valence-electron chi connectivity index (χ2n) is 4.20. The minimum atomic E-state index is -0.0386. The molecule has 0 aromatic heterocycles. The van der Waals surface area contributed by atoms with Crippen molar-refractivity contribution in [2.45, 2.75) is 33.1 Å². The summed E-state index contributed by atoms with van der Waals surface area (Å²) in [5.74, 6) is 0.185. The summed E-state index contributed by atoms with van der Waals surface area (Å²) >= 11 is 0. The van der Waals surface area contributed by atoms with Gasteiger partial charge >= 0.3 is 18.9 Å². The summed E-state index contributed by atoms with van der Waals surface area (Å²) < 4.78 is 0. The van der Waals surface area contributed by atoms with Crippen molar-refractivity contribution in [3.63, 3.8) is 0 Å². The molecule has 0 saturated heterocycles. The van der Waals surface area contributed by atoms with Gasteiger partial charge in [-0.1, -0.05) is 50.1 Å².